The number of benzene rings is 1. The van der Waals surface area contributed by atoms with Crippen LogP contribution in [-0.4, -0.2) is 39.8 Å². The lowest BCUT2D eigenvalue weighted by Gasteiger charge is -2.30. The van der Waals surface area contributed by atoms with Crippen molar-refractivity contribution < 1.29 is 18.7 Å². The van der Waals surface area contributed by atoms with Crippen LogP contribution in [0, 0.1) is 11.7 Å². The van der Waals surface area contributed by atoms with Gasteiger partial charge >= 0.3 is 0 Å². The molecule has 2 amide bonds. The maximum atomic E-state index is 14.4. The first-order valence-electron chi connectivity index (χ1n) is 11.1. The van der Waals surface area contributed by atoms with Crippen LogP contribution in [0.25, 0.3) is 6.08 Å². The molecule has 3 heterocycles. The summed E-state index contributed by atoms with van der Waals surface area (Å²) in [7, 11) is 0. The molecule has 7 nitrogen and oxygen atoms in total. The highest BCUT2D eigenvalue weighted by atomic mass is 19.1. The molecule has 0 saturated carbocycles. The van der Waals surface area contributed by atoms with Crippen molar-refractivity contribution in [3.8, 4) is 11.5 Å². The molecule has 0 radical (unpaired) electrons. The van der Waals surface area contributed by atoms with E-state index in [2.05, 4.69) is 15.3 Å². The van der Waals surface area contributed by atoms with Crippen molar-refractivity contribution >= 4 is 17.9 Å². The smallest absolute Gasteiger partial charge is 0.246 e. The number of likely N-dealkylation sites (tertiary alicyclic amines) is 1. The molecule has 1 saturated heterocycles. The summed E-state index contributed by atoms with van der Waals surface area (Å²) >= 11 is 0. The van der Waals surface area contributed by atoms with Gasteiger partial charge in [0, 0.05) is 50.2 Å². The molecule has 34 heavy (non-hydrogen) atoms. The van der Waals surface area contributed by atoms with Crippen molar-refractivity contribution in [3.05, 3.63) is 90.3 Å². The number of hydrogen-bond donors (Lipinski definition) is 1. The number of halogens is 1. The molecule has 4 rings (SSSR count). The molecular formula is C26H25FN4O3. The van der Waals surface area contributed by atoms with Gasteiger partial charge < -0.3 is 15.0 Å². The van der Waals surface area contributed by atoms with Gasteiger partial charge in [0.05, 0.1) is 6.20 Å². The largest absolute Gasteiger partial charge is 0.453 e. The van der Waals surface area contributed by atoms with E-state index < -0.39 is 5.82 Å². The van der Waals surface area contributed by atoms with E-state index in [4.69, 9.17) is 4.74 Å². The Morgan fingerprint density at radius 3 is 2.53 bits per heavy atom. The van der Waals surface area contributed by atoms with E-state index in [0.29, 0.717) is 43.8 Å². The van der Waals surface area contributed by atoms with Crippen molar-refractivity contribution in [2.45, 2.75) is 19.4 Å². The number of rotatable bonds is 7. The predicted octanol–water partition coefficient (Wildman–Crippen LogP) is 3.98. The number of ether oxygens (including phenoxy) is 1. The van der Waals surface area contributed by atoms with Crippen molar-refractivity contribution in [2.75, 3.05) is 13.1 Å². The lowest BCUT2D eigenvalue weighted by molar-refractivity contribution is -0.132. The number of hydrogen-bond acceptors (Lipinski definition) is 5. The average molecular weight is 461 g/mol. The highest BCUT2D eigenvalue weighted by molar-refractivity contribution is 5.92. The molecule has 1 aliphatic rings. The van der Waals surface area contributed by atoms with Crippen LogP contribution in [0.5, 0.6) is 11.5 Å². The number of aromatic nitrogens is 2. The summed E-state index contributed by atoms with van der Waals surface area (Å²) in [6, 6.07) is 11.6. The molecule has 1 aliphatic heterocycles. The molecule has 1 fully saturated rings. The molecule has 0 bridgehead atoms. The van der Waals surface area contributed by atoms with Gasteiger partial charge in [-0.25, -0.2) is 4.39 Å². The molecule has 0 unspecified atom stereocenters. The van der Waals surface area contributed by atoms with E-state index in [9.17, 15) is 14.0 Å². The van der Waals surface area contributed by atoms with Crippen molar-refractivity contribution in [1.29, 1.82) is 0 Å². The highest BCUT2D eigenvalue weighted by Crippen LogP contribution is 2.25. The average Bonchev–Trinajstić information content (AvgIpc) is 2.88. The monoisotopic (exact) mass is 460 g/mol. The fraction of sp³-hybridized carbons (Fsp3) is 0.231. The zero-order chi connectivity index (χ0) is 23.8. The minimum absolute atomic E-state index is 0.00411. The summed E-state index contributed by atoms with van der Waals surface area (Å²) < 4.78 is 19.9. The van der Waals surface area contributed by atoms with Crippen LogP contribution in [0.3, 0.4) is 0 Å². The maximum absolute atomic E-state index is 14.4. The Morgan fingerprint density at radius 2 is 1.85 bits per heavy atom. The maximum Gasteiger partial charge on any atom is 0.246 e. The quantitative estimate of drug-likeness (QED) is 0.540. The number of amides is 2. The Hall–Kier alpha value is -4.07. The lowest BCUT2D eigenvalue weighted by Crippen LogP contribution is -2.42. The molecule has 0 aliphatic carbocycles. The summed E-state index contributed by atoms with van der Waals surface area (Å²) in [5.74, 6) is -0.294. The van der Waals surface area contributed by atoms with Crippen LogP contribution in [0.2, 0.25) is 0 Å². The molecule has 174 valence electrons. The zero-order valence-electron chi connectivity index (χ0n) is 18.6. The highest BCUT2D eigenvalue weighted by Gasteiger charge is 2.26. The minimum atomic E-state index is -0.531. The van der Waals surface area contributed by atoms with Gasteiger partial charge in [0.2, 0.25) is 11.8 Å². The predicted molar refractivity (Wildman–Crippen MR) is 125 cm³/mol. The first-order chi connectivity index (χ1) is 16.6. The summed E-state index contributed by atoms with van der Waals surface area (Å²) in [5.41, 5.74) is 1.50. The van der Waals surface area contributed by atoms with Crippen LogP contribution < -0.4 is 10.1 Å². The number of nitrogens with one attached hydrogen (secondary N) is 1. The zero-order valence-corrected chi connectivity index (χ0v) is 18.6. The van der Waals surface area contributed by atoms with Crippen molar-refractivity contribution in [2.24, 2.45) is 5.92 Å². The number of nitrogens with zero attached hydrogens (tertiary/aromatic N) is 3. The molecule has 0 atom stereocenters. The molecule has 3 aromatic rings. The van der Waals surface area contributed by atoms with E-state index >= 15 is 0 Å². The first-order valence-corrected chi connectivity index (χ1v) is 11.1. The third-order valence-corrected chi connectivity index (χ3v) is 5.60. The van der Waals surface area contributed by atoms with Crippen LogP contribution in [0.15, 0.2) is 73.3 Å². The fourth-order valence-electron chi connectivity index (χ4n) is 3.71. The summed E-state index contributed by atoms with van der Waals surface area (Å²) in [6.07, 6.45) is 10.7. The Balaban J connectivity index is 1.25. The van der Waals surface area contributed by atoms with Gasteiger partial charge in [-0.15, -0.1) is 0 Å². The van der Waals surface area contributed by atoms with Gasteiger partial charge in [0.1, 0.15) is 5.75 Å². The normalized spacial score (nSPS) is 14.2. The number of carbonyl (C=O) groups is 2. The van der Waals surface area contributed by atoms with E-state index in [0.717, 1.165) is 5.56 Å². The van der Waals surface area contributed by atoms with Crippen LogP contribution >= 0.6 is 0 Å². The molecular weight excluding hydrogens is 435 g/mol. The second-order valence-corrected chi connectivity index (χ2v) is 7.99. The summed E-state index contributed by atoms with van der Waals surface area (Å²) in [6.45, 7) is 1.44. The van der Waals surface area contributed by atoms with Crippen LogP contribution in [0.4, 0.5) is 4.39 Å². The summed E-state index contributed by atoms with van der Waals surface area (Å²) in [5, 5.41) is 2.94. The standard InChI is InChI=1S/C26H25FN4O3/c27-23-15-19(5-7-24(23)34-22-4-2-12-29-18-22)6-8-25(32)31-13-9-21(10-14-31)26(33)30-17-20-3-1-11-28-16-20/h1-8,11-12,15-16,18,21H,9-10,13-14,17H2,(H,30,33)/b8-6+. The Labute approximate surface area is 197 Å². The Bertz CT molecular complexity index is 1150. The van der Waals surface area contributed by atoms with Gasteiger partial charge in [0.25, 0.3) is 0 Å². The SMILES string of the molecule is O=C(NCc1cccnc1)C1CCN(C(=O)/C=C/c2ccc(Oc3cccnc3)c(F)c2)CC1. The lowest BCUT2D eigenvalue weighted by atomic mass is 9.95. The first kappa shape index (κ1) is 23.1. The number of pyridine rings is 2. The third kappa shape index (κ3) is 6.25. The van der Waals surface area contributed by atoms with E-state index in [1.807, 2.05) is 12.1 Å². The van der Waals surface area contributed by atoms with E-state index in [1.165, 1.54) is 24.4 Å². The summed E-state index contributed by atoms with van der Waals surface area (Å²) in [4.78, 5) is 34.7. The van der Waals surface area contributed by atoms with Gasteiger partial charge in [-0.3, -0.25) is 19.6 Å². The van der Waals surface area contributed by atoms with Crippen molar-refractivity contribution in [3.63, 3.8) is 0 Å². The van der Waals surface area contributed by atoms with Crippen molar-refractivity contribution in [1.82, 2.24) is 20.2 Å². The molecule has 0 spiro atoms. The van der Waals surface area contributed by atoms with Gasteiger partial charge in [0.15, 0.2) is 11.6 Å². The second kappa shape index (κ2) is 11.2. The minimum Gasteiger partial charge on any atom is -0.453 e. The number of carbonyl (C=O) groups excluding carboxylic acids is 2. The van der Waals surface area contributed by atoms with Gasteiger partial charge in [-0.2, -0.15) is 0 Å². The topological polar surface area (TPSA) is 84.4 Å². The van der Waals surface area contributed by atoms with Gasteiger partial charge in [-0.05, 0) is 60.4 Å². The Kier molecular flexibility index (Phi) is 7.60. The number of piperidine rings is 1. The van der Waals surface area contributed by atoms with Crippen LogP contribution in [-0.2, 0) is 16.1 Å². The fourth-order valence-corrected chi connectivity index (χ4v) is 3.71. The van der Waals surface area contributed by atoms with E-state index in [-0.39, 0.29) is 23.5 Å². The molecule has 2 aromatic heterocycles. The van der Waals surface area contributed by atoms with E-state index in [1.54, 1.807) is 47.8 Å². The second-order valence-electron chi connectivity index (χ2n) is 7.99. The molecule has 1 aromatic carbocycles. The molecule has 8 heteroatoms. The van der Waals surface area contributed by atoms with Gasteiger partial charge in [-0.1, -0.05) is 12.1 Å². The molecule has 1 N–H and O–H groups in total. The Morgan fingerprint density at radius 1 is 1.09 bits per heavy atom. The van der Waals surface area contributed by atoms with Crippen LogP contribution in [0.1, 0.15) is 24.0 Å². The third-order valence-electron chi connectivity index (χ3n) is 5.60.